The summed E-state index contributed by atoms with van der Waals surface area (Å²) in [5.41, 5.74) is -0.319. The molecule has 2 aromatic carbocycles. The molecule has 9 atom stereocenters. The Bertz CT molecular complexity index is 1590. The minimum Gasteiger partial charge on any atom is -0.389 e. The number of benzene rings is 2. The number of sulfonamides is 1. The average molecular weight is 651 g/mol. The number of anilines is 1. The van der Waals surface area contributed by atoms with Gasteiger partial charge >= 0.3 is 0 Å². The van der Waals surface area contributed by atoms with Crippen LogP contribution in [0.5, 0.6) is 0 Å². The lowest BCUT2D eigenvalue weighted by atomic mass is 9.54. The van der Waals surface area contributed by atoms with Crippen molar-refractivity contribution in [3.05, 3.63) is 41.3 Å². The predicted molar refractivity (Wildman–Crippen MR) is 186 cm³/mol. The molecule has 252 valence electrons. The molecule has 4 aliphatic carbocycles. The van der Waals surface area contributed by atoms with E-state index in [1.165, 1.54) is 32.1 Å². The monoisotopic (exact) mass is 650 g/mol. The number of nitrogens with zero attached hydrogens (tertiary/aromatic N) is 3. The lowest BCUT2D eigenvalue weighted by Crippen LogP contribution is -2.54. The van der Waals surface area contributed by atoms with Crippen LogP contribution < -0.4 is 9.73 Å². The molecule has 46 heavy (non-hydrogen) atoms. The lowest BCUT2D eigenvalue weighted by molar-refractivity contribution is -0.117. The minimum atomic E-state index is -3.95. The van der Waals surface area contributed by atoms with Crippen molar-refractivity contribution >= 4 is 32.7 Å². The van der Waals surface area contributed by atoms with E-state index in [0.717, 1.165) is 35.7 Å². The van der Waals surface area contributed by atoms with Crippen molar-refractivity contribution < 1.29 is 13.5 Å². The number of fused-ring (bicyclic) bond motifs is 6. The number of nitrogens with one attached hydrogen (secondary N) is 1. The van der Waals surface area contributed by atoms with E-state index in [1.54, 1.807) is 18.3 Å². The first-order valence-corrected chi connectivity index (χ1v) is 19.0. The molecular weight excluding hydrogens is 596 g/mol. The number of hydrogen-bond donors (Lipinski definition) is 2. The summed E-state index contributed by atoms with van der Waals surface area (Å²) in [4.78, 5) is 16.5. The quantitative estimate of drug-likeness (QED) is 0.155. The predicted octanol–water partition coefficient (Wildman–Crippen LogP) is 7.74. The van der Waals surface area contributed by atoms with Crippen molar-refractivity contribution in [1.29, 1.82) is 0 Å². The van der Waals surface area contributed by atoms with E-state index in [0.29, 0.717) is 36.5 Å². The summed E-state index contributed by atoms with van der Waals surface area (Å²) in [5, 5.41) is 22.3. The first kappa shape index (κ1) is 33.4. The Morgan fingerprint density at radius 3 is 2.57 bits per heavy atom. The van der Waals surface area contributed by atoms with Crippen LogP contribution in [0.2, 0.25) is 0 Å². The van der Waals surface area contributed by atoms with Crippen LogP contribution in [0, 0.1) is 51.2 Å². The summed E-state index contributed by atoms with van der Waals surface area (Å²) in [5.74, 6) is 1.95. The molecule has 3 unspecified atom stereocenters. The van der Waals surface area contributed by atoms with Crippen molar-refractivity contribution in [3.63, 3.8) is 0 Å². The highest BCUT2D eigenvalue weighted by molar-refractivity contribution is 7.89. The van der Waals surface area contributed by atoms with E-state index in [9.17, 15) is 18.4 Å². The van der Waals surface area contributed by atoms with Crippen LogP contribution in [0.15, 0.2) is 51.6 Å². The summed E-state index contributed by atoms with van der Waals surface area (Å²) in [7, 11) is -0.0178. The fourth-order valence-corrected chi connectivity index (χ4v) is 11.7. The molecule has 2 N–H and O–H groups in total. The van der Waals surface area contributed by atoms with Crippen LogP contribution in [-0.2, 0) is 10.0 Å². The molecular formula is C37H54N4O4S. The molecule has 4 saturated carbocycles. The summed E-state index contributed by atoms with van der Waals surface area (Å²) >= 11 is 0. The van der Waals surface area contributed by atoms with E-state index < -0.39 is 21.7 Å². The van der Waals surface area contributed by atoms with Gasteiger partial charge in [0.15, 0.2) is 0 Å². The van der Waals surface area contributed by atoms with E-state index in [4.69, 9.17) is 0 Å². The molecule has 0 saturated heterocycles. The Morgan fingerprint density at radius 2 is 1.85 bits per heavy atom. The summed E-state index contributed by atoms with van der Waals surface area (Å²) in [6.07, 6.45) is 11.8. The molecule has 6 rings (SSSR count). The van der Waals surface area contributed by atoms with Crippen molar-refractivity contribution in [2.24, 2.45) is 56.6 Å². The second-order valence-electron chi connectivity index (χ2n) is 16.2. The van der Waals surface area contributed by atoms with Crippen LogP contribution >= 0.6 is 0 Å². The maximum atomic E-state index is 13.5. The van der Waals surface area contributed by atoms with Crippen molar-refractivity contribution in [2.75, 3.05) is 19.0 Å². The molecule has 4 aliphatic rings. The molecule has 0 aromatic heterocycles. The fraction of sp³-hybridized carbons (Fsp3) is 0.703. The molecule has 0 radical (unpaired) electrons. The normalized spacial score (nSPS) is 37.3. The standard InChI is InChI=1S/C37H54N4O4S/c1-24(2)9-7-11-26-13-16-30-34-31(18-19-35(26,30)3)36(4)20-17-27(39-43)22-37(36,42)32(34)23-38-40-46(44,45)28-14-15-29-25(21-28)10-8-12-33(29)41(5)6/h8,10,12,14-15,21,23-24,26-27,30-32,34,40,42H,7,9,11,13,16-20,22H2,1-6H3/b38-23+/t26-,27-,30?,31?,32+,34?,35+,36+,37+/m0/s1. The fourth-order valence-electron chi connectivity index (χ4n) is 10.9. The summed E-state index contributed by atoms with van der Waals surface area (Å²) < 4.78 is 27.1. The molecule has 0 bridgehead atoms. The van der Waals surface area contributed by atoms with Crippen molar-refractivity contribution in [3.8, 4) is 0 Å². The number of hydrazone groups is 1. The number of hydrogen-bond acceptors (Lipinski definition) is 7. The molecule has 0 heterocycles. The average Bonchev–Trinajstić information content (AvgIpc) is 3.44. The number of aliphatic hydroxyl groups is 1. The molecule has 2 aromatic rings. The van der Waals surface area contributed by atoms with Gasteiger partial charge in [-0.3, -0.25) is 0 Å². The number of nitroso groups, excluding NO2 is 1. The number of rotatable bonds is 10. The van der Waals surface area contributed by atoms with Gasteiger partial charge in [0.05, 0.1) is 16.5 Å². The van der Waals surface area contributed by atoms with Gasteiger partial charge in [0.2, 0.25) is 0 Å². The highest BCUT2D eigenvalue weighted by Crippen LogP contribution is 2.72. The Kier molecular flexibility index (Phi) is 8.84. The lowest BCUT2D eigenvalue weighted by Gasteiger charge is -2.52. The zero-order chi connectivity index (χ0) is 33.1. The third-order valence-corrected chi connectivity index (χ3v) is 14.6. The first-order valence-electron chi connectivity index (χ1n) is 17.5. The maximum absolute atomic E-state index is 13.5. The van der Waals surface area contributed by atoms with E-state index in [1.807, 2.05) is 43.3 Å². The molecule has 8 nitrogen and oxygen atoms in total. The topological polar surface area (TPSA) is 111 Å². The SMILES string of the molecule is CC(C)CCC[C@H]1CCC2C3C(CC[C@@]21C)[C@@]1(C)CC[C@H](N=O)C[C@@]1(O)[C@@H]3/C=N/NS(=O)(=O)c1ccc2c(N(C)C)cccc2c1. The Hall–Kier alpha value is -2.52. The van der Waals surface area contributed by atoms with Gasteiger partial charge in [-0.25, -0.2) is 4.83 Å². The first-order chi connectivity index (χ1) is 21.7. The van der Waals surface area contributed by atoms with E-state index >= 15 is 0 Å². The zero-order valence-electron chi connectivity index (χ0n) is 28.6. The Labute approximate surface area is 275 Å². The Balaban J connectivity index is 1.31. The summed E-state index contributed by atoms with van der Waals surface area (Å²) in [6.45, 7) is 9.31. The van der Waals surface area contributed by atoms with Crippen LogP contribution in [0.4, 0.5) is 5.69 Å². The molecule has 0 spiro atoms. The molecule has 0 aliphatic heterocycles. The van der Waals surface area contributed by atoms with E-state index in [2.05, 4.69) is 42.8 Å². The van der Waals surface area contributed by atoms with Gasteiger partial charge in [0.1, 0.15) is 0 Å². The van der Waals surface area contributed by atoms with Crippen molar-refractivity contribution in [1.82, 2.24) is 4.83 Å². The molecule has 9 heteroatoms. The smallest absolute Gasteiger partial charge is 0.276 e. The molecule has 0 amide bonds. The van der Waals surface area contributed by atoms with Crippen LogP contribution in [0.25, 0.3) is 10.8 Å². The largest absolute Gasteiger partial charge is 0.389 e. The van der Waals surface area contributed by atoms with Crippen LogP contribution in [0.3, 0.4) is 0 Å². The van der Waals surface area contributed by atoms with Gasteiger partial charge in [-0.2, -0.15) is 18.4 Å². The highest BCUT2D eigenvalue weighted by Gasteiger charge is 2.71. The minimum absolute atomic E-state index is 0.147. The third-order valence-electron chi connectivity index (χ3n) is 13.4. The van der Waals surface area contributed by atoms with Gasteiger partial charge in [0.25, 0.3) is 10.0 Å². The molecule has 4 fully saturated rings. The van der Waals surface area contributed by atoms with Crippen LogP contribution in [-0.4, -0.2) is 45.5 Å². The van der Waals surface area contributed by atoms with Gasteiger partial charge in [-0.1, -0.05) is 63.9 Å². The van der Waals surface area contributed by atoms with E-state index in [-0.39, 0.29) is 27.6 Å². The van der Waals surface area contributed by atoms with Gasteiger partial charge in [-0.05, 0) is 104 Å². The van der Waals surface area contributed by atoms with Crippen molar-refractivity contribution in [2.45, 2.75) is 108 Å². The maximum Gasteiger partial charge on any atom is 0.276 e. The van der Waals surface area contributed by atoms with Crippen LogP contribution in [0.1, 0.15) is 91.9 Å². The second-order valence-corrected chi connectivity index (χ2v) is 17.9. The second kappa shape index (κ2) is 12.2. The highest BCUT2D eigenvalue weighted by atomic mass is 32.2. The third kappa shape index (κ3) is 5.37. The summed E-state index contributed by atoms with van der Waals surface area (Å²) in [6, 6.07) is 10.6. The van der Waals surface area contributed by atoms with Gasteiger partial charge < -0.3 is 10.0 Å². The zero-order valence-corrected chi connectivity index (χ0v) is 29.4. The van der Waals surface area contributed by atoms with Gasteiger partial charge in [0, 0.05) is 49.1 Å². The Morgan fingerprint density at radius 1 is 1.07 bits per heavy atom. The van der Waals surface area contributed by atoms with Gasteiger partial charge in [-0.15, -0.1) is 0 Å².